The van der Waals surface area contributed by atoms with E-state index in [0.29, 0.717) is 3.57 Å². The lowest BCUT2D eigenvalue weighted by atomic mass is 10.0. The largest absolute Gasteiger partial charge is 0.465 e. The topological polar surface area (TPSA) is 89.9 Å². The molecule has 0 bridgehead atoms. The van der Waals surface area contributed by atoms with Gasteiger partial charge in [-0.1, -0.05) is 0 Å². The Morgan fingerprint density at radius 1 is 1.39 bits per heavy atom. The van der Waals surface area contributed by atoms with Crippen molar-refractivity contribution in [2.75, 3.05) is 11.9 Å². The van der Waals surface area contributed by atoms with Crippen molar-refractivity contribution < 1.29 is 24.2 Å². The molecule has 0 saturated heterocycles. The molecule has 0 aliphatic carbocycles. The third kappa shape index (κ3) is 5.31. The van der Waals surface area contributed by atoms with Gasteiger partial charge >= 0.3 is 6.09 Å². The number of nitrogens with one attached hydrogen (secondary N) is 1. The normalized spacial score (nSPS) is 12.6. The van der Waals surface area contributed by atoms with E-state index in [-0.39, 0.29) is 18.7 Å². The van der Waals surface area contributed by atoms with Gasteiger partial charge in [-0.05, 0) is 61.6 Å². The summed E-state index contributed by atoms with van der Waals surface area (Å²) in [6, 6.07) is 3.17. The number of rotatable bonds is 5. The lowest BCUT2D eigenvalue weighted by molar-refractivity contribution is -0.123. The molecule has 0 spiro atoms. The summed E-state index contributed by atoms with van der Waals surface area (Å²) >= 11 is 1.94. The monoisotopic (exact) mass is 438 g/mol. The molecule has 2 amide bonds. The van der Waals surface area contributed by atoms with Crippen LogP contribution in [-0.2, 0) is 4.79 Å². The number of benzene rings is 1. The van der Waals surface area contributed by atoms with Crippen LogP contribution in [-0.4, -0.2) is 45.3 Å². The van der Waals surface area contributed by atoms with Crippen molar-refractivity contribution >= 4 is 40.3 Å². The number of halogens is 2. The summed E-state index contributed by atoms with van der Waals surface area (Å²) in [6.07, 6.45) is -1.37. The average molecular weight is 438 g/mol. The molecule has 0 aliphatic rings. The maximum Gasteiger partial charge on any atom is 0.408 e. The van der Waals surface area contributed by atoms with Gasteiger partial charge in [0.15, 0.2) is 0 Å². The van der Waals surface area contributed by atoms with E-state index < -0.39 is 29.4 Å². The van der Waals surface area contributed by atoms with Gasteiger partial charge in [0.1, 0.15) is 11.9 Å². The Kier molecular flexibility index (Phi) is 6.75. The molecule has 0 radical (unpaired) electrons. The number of aliphatic hydroxyl groups is 1. The van der Waals surface area contributed by atoms with Crippen molar-refractivity contribution in [1.82, 2.24) is 4.90 Å². The second-order valence-corrected chi connectivity index (χ2v) is 7.21. The van der Waals surface area contributed by atoms with Crippen molar-refractivity contribution in [3.63, 3.8) is 0 Å². The van der Waals surface area contributed by atoms with Gasteiger partial charge in [0.05, 0.1) is 5.69 Å². The Bertz CT molecular complexity index is 589. The number of amides is 2. The van der Waals surface area contributed by atoms with Gasteiger partial charge in [0.25, 0.3) is 0 Å². The summed E-state index contributed by atoms with van der Waals surface area (Å²) in [4.78, 5) is 24.9. The number of aliphatic hydroxyl groups excluding tert-OH is 1. The van der Waals surface area contributed by atoms with Crippen molar-refractivity contribution in [2.24, 2.45) is 0 Å². The quantitative estimate of drug-likeness (QED) is 0.617. The van der Waals surface area contributed by atoms with E-state index in [9.17, 15) is 19.1 Å². The third-order valence-corrected chi connectivity index (χ3v) is 3.81. The van der Waals surface area contributed by atoms with Crippen LogP contribution in [0.2, 0.25) is 0 Å². The van der Waals surface area contributed by atoms with Crippen LogP contribution in [0.5, 0.6) is 0 Å². The fourth-order valence-corrected chi connectivity index (χ4v) is 2.65. The summed E-state index contributed by atoms with van der Waals surface area (Å²) in [7, 11) is 0. The highest BCUT2D eigenvalue weighted by Gasteiger charge is 2.37. The Morgan fingerprint density at radius 3 is 2.43 bits per heavy atom. The molecule has 0 fully saturated rings. The predicted octanol–water partition coefficient (Wildman–Crippen LogP) is 2.90. The van der Waals surface area contributed by atoms with Crippen LogP contribution in [0.25, 0.3) is 0 Å². The van der Waals surface area contributed by atoms with Gasteiger partial charge in [-0.25, -0.2) is 9.18 Å². The summed E-state index contributed by atoms with van der Waals surface area (Å²) in [5, 5.41) is 21.0. The number of hydrogen-bond donors (Lipinski definition) is 3. The molecule has 1 aromatic rings. The van der Waals surface area contributed by atoms with Crippen LogP contribution < -0.4 is 5.32 Å². The van der Waals surface area contributed by atoms with Gasteiger partial charge in [-0.3, -0.25) is 9.69 Å². The second-order valence-electron chi connectivity index (χ2n) is 5.96. The standard InChI is InChI=1S/C15H20FIN2O4/c1-15(2,3)19(14(22)23)12(6-7-20)13(21)18-11-5-4-9(17)8-10(11)16/h4-5,8,12,20H,6-7H2,1-3H3,(H,18,21)(H,22,23)/t12-/m0/s1. The Morgan fingerprint density at radius 2 is 2.00 bits per heavy atom. The minimum atomic E-state index is -1.28. The molecule has 3 N–H and O–H groups in total. The predicted molar refractivity (Wildman–Crippen MR) is 92.9 cm³/mol. The molecule has 1 rings (SSSR count). The van der Waals surface area contributed by atoms with E-state index in [1.807, 2.05) is 22.6 Å². The Hall–Kier alpha value is -1.42. The average Bonchev–Trinajstić information content (AvgIpc) is 2.39. The van der Waals surface area contributed by atoms with Gasteiger partial charge in [0, 0.05) is 22.1 Å². The van der Waals surface area contributed by atoms with E-state index in [0.717, 1.165) is 4.90 Å². The minimum Gasteiger partial charge on any atom is -0.465 e. The molecule has 1 atom stereocenters. The summed E-state index contributed by atoms with van der Waals surface area (Å²) < 4.78 is 14.5. The molecule has 0 unspecified atom stereocenters. The molecule has 23 heavy (non-hydrogen) atoms. The molecular formula is C15H20FIN2O4. The first-order valence-electron chi connectivity index (χ1n) is 6.97. The van der Waals surface area contributed by atoms with Crippen LogP contribution in [0.1, 0.15) is 27.2 Å². The lowest BCUT2D eigenvalue weighted by Gasteiger charge is -2.38. The molecule has 0 heterocycles. The van der Waals surface area contributed by atoms with Crippen LogP contribution in [0, 0.1) is 9.39 Å². The molecule has 8 heteroatoms. The van der Waals surface area contributed by atoms with Crippen molar-refractivity contribution in [2.45, 2.75) is 38.8 Å². The van der Waals surface area contributed by atoms with Crippen LogP contribution in [0.3, 0.4) is 0 Å². The second kappa shape index (κ2) is 7.91. The van der Waals surface area contributed by atoms with E-state index in [4.69, 9.17) is 5.11 Å². The van der Waals surface area contributed by atoms with E-state index >= 15 is 0 Å². The molecule has 0 aliphatic heterocycles. The van der Waals surface area contributed by atoms with Crippen LogP contribution >= 0.6 is 22.6 Å². The first kappa shape index (κ1) is 19.6. The van der Waals surface area contributed by atoms with Gasteiger partial charge in [-0.15, -0.1) is 0 Å². The van der Waals surface area contributed by atoms with Crippen molar-refractivity contribution in [3.8, 4) is 0 Å². The van der Waals surface area contributed by atoms with Crippen molar-refractivity contribution in [1.29, 1.82) is 0 Å². The number of carboxylic acid groups (broad SMARTS) is 1. The van der Waals surface area contributed by atoms with Gasteiger partial charge < -0.3 is 15.5 Å². The zero-order valence-electron chi connectivity index (χ0n) is 13.1. The zero-order chi connectivity index (χ0) is 17.8. The molecule has 1 aromatic carbocycles. The first-order valence-corrected chi connectivity index (χ1v) is 8.05. The number of anilines is 1. The molecule has 128 valence electrons. The lowest BCUT2D eigenvalue weighted by Crippen LogP contribution is -2.55. The van der Waals surface area contributed by atoms with E-state index in [2.05, 4.69) is 5.32 Å². The highest BCUT2D eigenvalue weighted by atomic mass is 127. The Labute approximate surface area is 147 Å². The minimum absolute atomic E-state index is 0.0300. The Balaban J connectivity index is 3.08. The van der Waals surface area contributed by atoms with Crippen LogP contribution in [0.15, 0.2) is 18.2 Å². The zero-order valence-corrected chi connectivity index (χ0v) is 15.3. The SMILES string of the molecule is CC(C)(C)N(C(=O)O)[C@@H](CCO)C(=O)Nc1ccc(I)cc1F. The van der Waals surface area contributed by atoms with Crippen LogP contribution in [0.4, 0.5) is 14.9 Å². The maximum absolute atomic E-state index is 13.9. The van der Waals surface area contributed by atoms with E-state index in [1.54, 1.807) is 26.8 Å². The fraction of sp³-hybridized carbons (Fsp3) is 0.467. The highest BCUT2D eigenvalue weighted by molar-refractivity contribution is 14.1. The van der Waals surface area contributed by atoms with Gasteiger partial charge in [-0.2, -0.15) is 0 Å². The van der Waals surface area contributed by atoms with E-state index in [1.165, 1.54) is 12.1 Å². The fourth-order valence-electron chi connectivity index (χ4n) is 2.19. The number of carbonyl (C=O) groups is 2. The molecule has 0 aromatic heterocycles. The molecule has 0 saturated carbocycles. The maximum atomic E-state index is 13.9. The van der Waals surface area contributed by atoms with Crippen molar-refractivity contribution in [3.05, 3.63) is 27.6 Å². The molecule has 6 nitrogen and oxygen atoms in total. The number of nitrogens with zero attached hydrogens (tertiary/aromatic N) is 1. The summed E-state index contributed by atoms with van der Waals surface area (Å²) in [5.41, 5.74) is -0.884. The highest BCUT2D eigenvalue weighted by Crippen LogP contribution is 2.22. The molecular weight excluding hydrogens is 418 g/mol. The van der Waals surface area contributed by atoms with Gasteiger partial charge in [0.2, 0.25) is 5.91 Å². The number of carbonyl (C=O) groups excluding carboxylic acids is 1. The summed E-state index contributed by atoms with van der Waals surface area (Å²) in [5.74, 6) is -1.29. The number of hydrogen-bond acceptors (Lipinski definition) is 3. The first-order chi connectivity index (χ1) is 10.6. The smallest absolute Gasteiger partial charge is 0.408 e. The summed E-state index contributed by atoms with van der Waals surface area (Å²) in [6.45, 7) is 4.56. The third-order valence-electron chi connectivity index (χ3n) is 3.13.